The highest BCUT2D eigenvalue weighted by atomic mass is 19.3. The lowest BCUT2D eigenvalue weighted by Crippen LogP contribution is -2.48. The van der Waals surface area contributed by atoms with E-state index in [-0.39, 0.29) is 30.4 Å². The lowest BCUT2D eigenvalue weighted by molar-refractivity contribution is -0.121. The number of ether oxygens (including phenoxy) is 2. The fraction of sp³-hybridized carbons (Fsp3) is 0.533. The number of hydrogen-bond acceptors (Lipinski definition) is 4. The zero-order valence-corrected chi connectivity index (χ0v) is 12.6. The van der Waals surface area contributed by atoms with Crippen LogP contribution in [0.5, 0.6) is 5.75 Å². The van der Waals surface area contributed by atoms with Crippen LogP contribution < -0.4 is 10.1 Å². The molecule has 22 heavy (non-hydrogen) atoms. The van der Waals surface area contributed by atoms with Crippen LogP contribution in [0.1, 0.15) is 13.8 Å². The number of nitrogens with zero attached hydrogens (tertiary/aromatic N) is 1. The van der Waals surface area contributed by atoms with Crippen molar-refractivity contribution in [3.63, 3.8) is 0 Å². The lowest BCUT2D eigenvalue weighted by atomic mass is 10.2. The van der Waals surface area contributed by atoms with Gasteiger partial charge in [-0.25, -0.2) is 0 Å². The van der Waals surface area contributed by atoms with E-state index < -0.39 is 6.61 Å². The summed E-state index contributed by atoms with van der Waals surface area (Å²) >= 11 is 0. The van der Waals surface area contributed by atoms with Crippen molar-refractivity contribution >= 4 is 11.6 Å². The molecule has 1 saturated heterocycles. The van der Waals surface area contributed by atoms with Gasteiger partial charge in [0.05, 0.1) is 18.8 Å². The maximum Gasteiger partial charge on any atom is 0.387 e. The van der Waals surface area contributed by atoms with E-state index in [1.807, 2.05) is 18.7 Å². The molecule has 1 aromatic carbocycles. The quantitative estimate of drug-likeness (QED) is 0.906. The summed E-state index contributed by atoms with van der Waals surface area (Å²) in [7, 11) is 0. The minimum absolute atomic E-state index is 0.0591. The van der Waals surface area contributed by atoms with Crippen LogP contribution in [0.4, 0.5) is 14.5 Å². The number of morpholine rings is 1. The maximum atomic E-state index is 12.0. The third-order valence-electron chi connectivity index (χ3n) is 3.23. The molecule has 0 saturated carbocycles. The van der Waals surface area contributed by atoms with E-state index in [1.165, 1.54) is 24.3 Å². The molecule has 1 fully saturated rings. The van der Waals surface area contributed by atoms with Gasteiger partial charge in [0.15, 0.2) is 0 Å². The number of anilines is 1. The zero-order chi connectivity index (χ0) is 16.1. The number of rotatable bonds is 5. The van der Waals surface area contributed by atoms with E-state index in [0.29, 0.717) is 18.8 Å². The van der Waals surface area contributed by atoms with Gasteiger partial charge in [0, 0.05) is 18.8 Å². The van der Waals surface area contributed by atoms with Crippen molar-refractivity contribution in [1.29, 1.82) is 0 Å². The lowest BCUT2D eigenvalue weighted by Gasteiger charge is -2.34. The van der Waals surface area contributed by atoms with Crippen molar-refractivity contribution in [3.05, 3.63) is 24.3 Å². The minimum Gasteiger partial charge on any atom is -0.435 e. The molecule has 0 spiro atoms. The van der Waals surface area contributed by atoms with Crippen LogP contribution in [0.25, 0.3) is 0 Å². The molecule has 0 bridgehead atoms. The fourth-order valence-corrected chi connectivity index (χ4v) is 2.54. The van der Waals surface area contributed by atoms with Gasteiger partial charge < -0.3 is 14.8 Å². The number of carbonyl (C=O) groups excluding carboxylic acids is 1. The van der Waals surface area contributed by atoms with Crippen molar-refractivity contribution < 1.29 is 23.0 Å². The van der Waals surface area contributed by atoms with Gasteiger partial charge in [-0.15, -0.1) is 0 Å². The van der Waals surface area contributed by atoms with Crippen molar-refractivity contribution in [1.82, 2.24) is 4.90 Å². The second kappa shape index (κ2) is 7.51. The topological polar surface area (TPSA) is 50.8 Å². The molecule has 1 aliphatic rings. The van der Waals surface area contributed by atoms with Gasteiger partial charge in [0.2, 0.25) is 5.91 Å². The Morgan fingerprint density at radius 3 is 2.45 bits per heavy atom. The molecule has 5 nitrogen and oxygen atoms in total. The van der Waals surface area contributed by atoms with Gasteiger partial charge in [-0.3, -0.25) is 9.69 Å². The van der Waals surface area contributed by atoms with E-state index >= 15 is 0 Å². The molecule has 1 amide bonds. The van der Waals surface area contributed by atoms with Crippen LogP contribution in [0.3, 0.4) is 0 Å². The predicted molar refractivity (Wildman–Crippen MR) is 78.2 cm³/mol. The molecule has 1 aromatic rings. The first-order valence-corrected chi connectivity index (χ1v) is 7.15. The Balaban J connectivity index is 1.84. The molecule has 1 aliphatic heterocycles. The van der Waals surface area contributed by atoms with E-state index in [9.17, 15) is 13.6 Å². The molecule has 2 rings (SSSR count). The Bertz CT molecular complexity index is 486. The largest absolute Gasteiger partial charge is 0.435 e. The smallest absolute Gasteiger partial charge is 0.387 e. The highest BCUT2D eigenvalue weighted by molar-refractivity contribution is 5.92. The normalized spacial score (nSPS) is 22.6. The van der Waals surface area contributed by atoms with Gasteiger partial charge in [0.1, 0.15) is 5.75 Å². The summed E-state index contributed by atoms with van der Waals surface area (Å²) in [6.45, 7) is 2.78. The molecular formula is C15H20F2N2O3. The van der Waals surface area contributed by atoms with E-state index in [4.69, 9.17) is 4.74 Å². The van der Waals surface area contributed by atoms with Crippen LogP contribution >= 0.6 is 0 Å². The summed E-state index contributed by atoms with van der Waals surface area (Å²) in [6.07, 6.45) is 0.199. The SMILES string of the molecule is CC1CN(CC(=O)Nc2ccc(OC(F)F)cc2)CC(C)O1. The second-order valence-corrected chi connectivity index (χ2v) is 5.40. The van der Waals surface area contributed by atoms with Crippen molar-refractivity contribution in [3.8, 4) is 5.75 Å². The van der Waals surface area contributed by atoms with Gasteiger partial charge in [-0.1, -0.05) is 0 Å². The number of amides is 1. The Labute approximate surface area is 128 Å². The van der Waals surface area contributed by atoms with Gasteiger partial charge in [0.25, 0.3) is 0 Å². The van der Waals surface area contributed by atoms with Gasteiger partial charge in [-0.2, -0.15) is 8.78 Å². The highest BCUT2D eigenvalue weighted by Gasteiger charge is 2.23. The monoisotopic (exact) mass is 314 g/mol. The van der Waals surface area contributed by atoms with Crippen LogP contribution in [0, 0.1) is 0 Å². The third-order valence-corrected chi connectivity index (χ3v) is 3.23. The van der Waals surface area contributed by atoms with E-state index in [2.05, 4.69) is 10.1 Å². The molecule has 0 radical (unpaired) electrons. The summed E-state index contributed by atoms with van der Waals surface area (Å²) in [5, 5.41) is 2.73. The van der Waals surface area contributed by atoms with Crippen LogP contribution in [0.2, 0.25) is 0 Å². The first-order chi connectivity index (χ1) is 10.4. The number of alkyl halides is 2. The zero-order valence-electron chi connectivity index (χ0n) is 12.6. The summed E-state index contributed by atoms with van der Waals surface area (Å²) in [4.78, 5) is 14.0. The maximum absolute atomic E-state index is 12.0. The Hall–Kier alpha value is -1.73. The average molecular weight is 314 g/mol. The van der Waals surface area contributed by atoms with Crippen LogP contribution in [-0.4, -0.2) is 49.3 Å². The summed E-state index contributed by atoms with van der Waals surface area (Å²) < 4.78 is 34.0. The van der Waals surface area contributed by atoms with Crippen molar-refractivity contribution in [2.45, 2.75) is 32.7 Å². The Kier molecular flexibility index (Phi) is 5.68. The minimum atomic E-state index is -2.86. The third kappa shape index (κ3) is 5.23. The number of carbonyl (C=O) groups is 1. The molecule has 0 aliphatic carbocycles. The Morgan fingerprint density at radius 2 is 1.91 bits per heavy atom. The van der Waals surface area contributed by atoms with Crippen LogP contribution in [-0.2, 0) is 9.53 Å². The van der Waals surface area contributed by atoms with Crippen LogP contribution in [0.15, 0.2) is 24.3 Å². The standard InChI is InChI=1S/C15H20F2N2O3/c1-10-7-19(8-11(2)21-10)9-14(20)18-12-3-5-13(6-4-12)22-15(16)17/h3-6,10-11,15H,7-9H2,1-2H3,(H,18,20). The predicted octanol–water partition coefficient (Wildman–Crippen LogP) is 2.34. The molecule has 1 N–H and O–H groups in total. The fourth-order valence-electron chi connectivity index (χ4n) is 2.54. The number of benzene rings is 1. The summed E-state index contributed by atoms with van der Waals surface area (Å²) in [5.41, 5.74) is 0.543. The van der Waals surface area contributed by atoms with Gasteiger partial charge in [-0.05, 0) is 38.1 Å². The molecule has 2 atom stereocenters. The second-order valence-electron chi connectivity index (χ2n) is 5.40. The van der Waals surface area contributed by atoms with Crippen molar-refractivity contribution in [2.24, 2.45) is 0 Å². The molecule has 1 heterocycles. The van der Waals surface area contributed by atoms with Crippen molar-refractivity contribution in [2.75, 3.05) is 25.0 Å². The molecule has 7 heteroatoms. The number of nitrogens with one attached hydrogen (secondary N) is 1. The van der Waals surface area contributed by atoms with Gasteiger partial charge >= 0.3 is 6.61 Å². The molecule has 0 aromatic heterocycles. The first kappa shape index (κ1) is 16.6. The summed E-state index contributed by atoms with van der Waals surface area (Å²) in [6, 6.07) is 5.83. The highest BCUT2D eigenvalue weighted by Crippen LogP contribution is 2.18. The Morgan fingerprint density at radius 1 is 1.32 bits per heavy atom. The number of halogens is 2. The number of hydrogen-bond donors (Lipinski definition) is 1. The van der Waals surface area contributed by atoms with E-state index in [1.54, 1.807) is 0 Å². The first-order valence-electron chi connectivity index (χ1n) is 7.15. The molecular weight excluding hydrogens is 294 g/mol. The molecule has 122 valence electrons. The van der Waals surface area contributed by atoms with E-state index in [0.717, 1.165) is 0 Å². The molecule has 2 unspecified atom stereocenters. The summed E-state index contributed by atoms with van der Waals surface area (Å²) in [5.74, 6) is -0.0901. The average Bonchev–Trinajstić information content (AvgIpc) is 2.39.